The summed E-state index contributed by atoms with van der Waals surface area (Å²) < 4.78 is 5.64. The van der Waals surface area contributed by atoms with E-state index < -0.39 is 4.92 Å². The Morgan fingerprint density at radius 1 is 1.15 bits per heavy atom. The summed E-state index contributed by atoms with van der Waals surface area (Å²) in [6.45, 7) is 6.30. The van der Waals surface area contributed by atoms with Crippen molar-refractivity contribution >= 4 is 22.4 Å². The second kappa shape index (κ2) is 7.35. The van der Waals surface area contributed by atoms with Gasteiger partial charge in [0.1, 0.15) is 17.4 Å². The van der Waals surface area contributed by atoms with Gasteiger partial charge in [0.15, 0.2) is 0 Å². The first kappa shape index (κ1) is 17.6. The van der Waals surface area contributed by atoms with Gasteiger partial charge in [-0.25, -0.2) is 9.97 Å². The van der Waals surface area contributed by atoms with Gasteiger partial charge >= 0.3 is 0 Å². The first-order valence-corrected chi connectivity index (χ1v) is 8.34. The van der Waals surface area contributed by atoms with Crippen LogP contribution >= 0.6 is 0 Å². The number of fused-ring (bicyclic) bond motifs is 1. The molecule has 7 nitrogen and oxygen atoms in total. The Balaban J connectivity index is 1.83. The molecule has 26 heavy (non-hydrogen) atoms. The minimum atomic E-state index is -0.420. The number of benzene rings is 2. The molecule has 0 saturated carbocycles. The third-order valence-electron chi connectivity index (χ3n) is 3.76. The highest BCUT2D eigenvalue weighted by molar-refractivity contribution is 5.90. The lowest BCUT2D eigenvalue weighted by Crippen LogP contribution is -2.06. The molecule has 0 fully saturated rings. The van der Waals surface area contributed by atoms with Crippen LogP contribution in [0.5, 0.6) is 5.75 Å². The molecular weight excluding hydrogens is 332 g/mol. The average molecular weight is 352 g/mol. The molecule has 1 N–H and O–H groups in total. The van der Waals surface area contributed by atoms with Crippen molar-refractivity contribution in [2.24, 2.45) is 0 Å². The van der Waals surface area contributed by atoms with Gasteiger partial charge in [0.05, 0.1) is 16.5 Å². The molecule has 0 bridgehead atoms. The molecule has 0 spiro atoms. The van der Waals surface area contributed by atoms with Gasteiger partial charge in [-0.3, -0.25) is 10.1 Å². The lowest BCUT2D eigenvalue weighted by Gasteiger charge is -2.12. The number of aryl methyl sites for hydroxylation is 1. The Morgan fingerprint density at radius 3 is 2.54 bits per heavy atom. The molecule has 2 aromatic carbocycles. The fourth-order valence-electron chi connectivity index (χ4n) is 2.62. The molecule has 0 radical (unpaired) electrons. The molecule has 3 aromatic rings. The maximum absolute atomic E-state index is 11.0. The van der Waals surface area contributed by atoms with E-state index in [2.05, 4.69) is 15.3 Å². The van der Waals surface area contributed by atoms with Gasteiger partial charge in [-0.2, -0.15) is 0 Å². The average Bonchev–Trinajstić information content (AvgIpc) is 2.59. The first-order valence-electron chi connectivity index (χ1n) is 8.34. The van der Waals surface area contributed by atoms with Crippen molar-refractivity contribution in [1.82, 2.24) is 9.97 Å². The number of rotatable bonds is 6. The monoisotopic (exact) mass is 352 g/mol. The van der Waals surface area contributed by atoms with Gasteiger partial charge in [0.25, 0.3) is 5.69 Å². The maximum atomic E-state index is 11.0. The van der Waals surface area contributed by atoms with E-state index in [9.17, 15) is 10.1 Å². The van der Waals surface area contributed by atoms with E-state index in [1.807, 2.05) is 38.1 Å². The van der Waals surface area contributed by atoms with Crippen molar-refractivity contribution in [3.8, 4) is 5.75 Å². The van der Waals surface area contributed by atoms with E-state index in [1.165, 1.54) is 12.1 Å². The summed E-state index contributed by atoms with van der Waals surface area (Å²) >= 11 is 0. The van der Waals surface area contributed by atoms with E-state index in [-0.39, 0.29) is 11.8 Å². The summed E-state index contributed by atoms with van der Waals surface area (Å²) in [4.78, 5) is 19.4. The molecule has 1 aromatic heterocycles. The van der Waals surface area contributed by atoms with Gasteiger partial charge in [-0.15, -0.1) is 0 Å². The molecule has 0 unspecified atom stereocenters. The Bertz CT molecular complexity index is 939. The van der Waals surface area contributed by atoms with Crippen LogP contribution in [0.1, 0.15) is 25.2 Å². The van der Waals surface area contributed by atoms with Crippen LogP contribution in [0.15, 0.2) is 42.5 Å². The van der Waals surface area contributed by atoms with Gasteiger partial charge < -0.3 is 10.1 Å². The highest BCUT2D eigenvalue weighted by Gasteiger charge is 2.12. The Kier molecular flexibility index (Phi) is 4.97. The van der Waals surface area contributed by atoms with Gasteiger partial charge in [0.2, 0.25) is 0 Å². The lowest BCUT2D eigenvalue weighted by molar-refractivity contribution is -0.384. The number of nitrogens with zero attached hydrogens (tertiary/aromatic N) is 3. The normalized spacial score (nSPS) is 10.9. The molecule has 1 heterocycles. The van der Waals surface area contributed by atoms with Crippen LogP contribution in [0.3, 0.4) is 0 Å². The Labute approximate surface area is 151 Å². The van der Waals surface area contributed by atoms with E-state index in [0.29, 0.717) is 29.1 Å². The summed E-state index contributed by atoms with van der Waals surface area (Å²) in [5.74, 6) is 2.01. The van der Waals surface area contributed by atoms with Crippen LogP contribution in [-0.4, -0.2) is 21.0 Å². The number of hydrogen-bond donors (Lipinski definition) is 1. The highest BCUT2D eigenvalue weighted by atomic mass is 16.6. The Hall–Kier alpha value is -3.22. The molecule has 0 aliphatic rings. The van der Waals surface area contributed by atoms with E-state index in [0.717, 1.165) is 11.3 Å². The van der Waals surface area contributed by atoms with Crippen molar-refractivity contribution in [2.45, 2.75) is 33.4 Å². The summed E-state index contributed by atoms with van der Waals surface area (Å²) in [7, 11) is 0. The molecular formula is C19H20N4O3. The van der Waals surface area contributed by atoms with Crippen LogP contribution in [0, 0.1) is 17.0 Å². The van der Waals surface area contributed by atoms with Crippen molar-refractivity contribution in [3.63, 3.8) is 0 Å². The quantitative estimate of drug-likeness (QED) is 0.527. The number of aromatic nitrogens is 2. The second-order valence-electron chi connectivity index (χ2n) is 6.24. The standard InChI is InChI=1S/C19H20N4O3/c1-12(2)26-16-7-4-14(5-8-16)11-20-19-17-10-15(23(24)25)6-9-18(17)21-13(3)22-19/h4-10,12H,11H2,1-3H3,(H,20,21,22). The molecule has 0 amide bonds. The van der Waals surface area contributed by atoms with Crippen LogP contribution in [0.4, 0.5) is 11.5 Å². The van der Waals surface area contributed by atoms with Gasteiger partial charge in [-0.1, -0.05) is 12.1 Å². The number of nitrogens with one attached hydrogen (secondary N) is 1. The van der Waals surface area contributed by atoms with Crippen molar-refractivity contribution < 1.29 is 9.66 Å². The molecule has 0 aliphatic heterocycles. The molecule has 0 aliphatic carbocycles. The molecule has 134 valence electrons. The lowest BCUT2D eigenvalue weighted by atomic mass is 10.2. The van der Waals surface area contributed by atoms with E-state index in [1.54, 1.807) is 13.0 Å². The fourth-order valence-corrected chi connectivity index (χ4v) is 2.62. The molecule has 0 saturated heterocycles. The summed E-state index contributed by atoms with van der Waals surface area (Å²) in [6.07, 6.45) is 0.130. The number of nitro benzene ring substituents is 1. The van der Waals surface area contributed by atoms with Crippen molar-refractivity contribution in [1.29, 1.82) is 0 Å². The summed E-state index contributed by atoms with van der Waals surface area (Å²) in [5, 5.41) is 14.9. The number of hydrogen-bond acceptors (Lipinski definition) is 6. The Morgan fingerprint density at radius 2 is 1.88 bits per heavy atom. The molecule has 7 heteroatoms. The predicted molar refractivity (Wildman–Crippen MR) is 100 cm³/mol. The van der Waals surface area contributed by atoms with Gasteiger partial charge in [-0.05, 0) is 44.5 Å². The van der Waals surface area contributed by atoms with Gasteiger partial charge in [0, 0.05) is 24.1 Å². The smallest absolute Gasteiger partial charge is 0.270 e. The third kappa shape index (κ3) is 4.05. The fraction of sp³-hybridized carbons (Fsp3) is 0.263. The predicted octanol–water partition coefficient (Wildman–Crippen LogP) is 4.25. The SMILES string of the molecule is Cc1nc(NCc2ccc(OC(C)C)cc2)c2cc([N+](=O)[O-])ccc2n1. The van der Waals surface area contributed by atoms with Crippen molar-refractivity contribution in [2.75, 3.05) is 5.32 Å². The zero-order valence-electron chi connectivity index (χ0n) is 14.9. The second-order valence-corrected chi connectivity index (χ2v) is 6.24. The van der Waals surface area contributed by atoms with E-state index in [4.69, 9.17) is 4.74 Å². The highest BCUT2D eigenvalue weighted by Crippen LogP contribution is 2.25. The number of ether oxygens (including phenoxy) is 1. The van der Waals surface area contributed by atoms with Crippen LogP contribution in [0.25, 0.3) is 10.9 Å². The topological polar surface area (TPSA) is 90.2 Å². The van der Waals surface area contributed by atoms with E-state index >= 15 is 0 Å². The molecule has 3 rings (SSSR count). The van der Waals surface area contributed by atoms with Crippen LogP contribution < -0.4 is 10.1 Å². The maximum Gasteiger partial charge on any atom is 0.270 e. The summed E-state index contributed by atoms with van der Waals surface area (Å²) in [5.41, 5.74) is 1.74. The minimum absolute atomic E-state index is 0.0168. The number of nitro groups is 1. The largest absolute Gasteiger partial charge is 0.491 e. The van der Waals surface area contributed by atoms with Crippen LogP contribution in [-0.2, 0) is 6.54 Å². The van der Waals surface area contributed by atoms with Crippen molar-refractivity contribution in [3.05, 3.63) is 64.0 Å². The number of non-ortho nitro benzene ring substituents is 1. The minimum Gasteiger partial charge on any atom is -0.491 e. The third-order valence-corrected chi connectivity index (χ3v) is 3.76. The number of anilines is 1. The zero-order valence-corrected chi connectivity index (χ0v) is 14.9. The molecule has 0 atom stereocenters. The zero-order chi connectivity index (χ0) is 18.7. The summed E-state index contributed by atoms with van der Waals surface area (Å²) in [6, 6.07) is 12.4. The first-order chi connectivity index (χ1) is 12.4. The van der Waals surface area contributed by atoms with Crippen LogP contribution in [0.2, 0.25) is 0 Å².